The second-order valence-corrected chi connectivity index (χ2v) is 21.6. The average Bonchev–Trinajstić information content (AvgIpc) is 4.01. The summed E-state index contributed by atoms with van der Waals surface area (Å²) in [5.74, 6) is -9.17. The summed E-state index contributed by atoms with van der Waals surface area (Å²) in [6, 6.07) is -7.30. The van der Waals surface area contributed by atoms with Gasteiger partial charge in [0.25, 0.3) is 0 Å². The fourth-order valence-electron chi connectivity index (χ4n) is 10.2. The number of unbranched alkanes of at least 4 members (excludes halogenated alkanes) is 5. The first-order valence-corrected chi connectivity index (χ1v) is 27.6. The van der Waals surface area contributed by atoms with E-state index in [0.29, 0.717) is 29.6 Å². The summed E-state index contributed by atoms with van der Waals surface area (Å²) in [5.41, 5.74) is 10.6. The van der Waals surface area contributed by atoms with Crippen molar-refractivity contribution < 1.29 is 88.7 Å². The summed E-state index contributed by atoms with van der Waals surface area (Å²) in [4.78, 5) is 125. The van der Waals surface area contributed by atoms with Crippen LogP contribution in [0.5, 0.6) is 5.75 Å². The van der Waals surface area contributed by atoms with Crippen molar-refractivity contribution in [1.82, 2.24) is 36.4 Å². The van der Waals surface area contributed by atoms with E-state index < -0.39 is 171 Å². The molecule has 3 aliphatic heterocycles. The van der Waals surface area contributed by atoms with Gasteiger partial charge in [0, 0.05) is 38.9 Å². The average molecular weight is 1140 g/mol. The van der Waals surface area contributed by atoms with Crippen LogP contribution >= 0.6 is 0 Å². The van der Waals surface area contributed by atoms with Crippen LogP contribution in [0.1, 0.15) is 136 Å². The zero-order chi connectivity index (χ0) is 59.5. The number of nitrogens with two attached hydrogens (primary N) is 2. The largest absolute Gasteiger partial charge is 0.426 e. The number of nitrogens with zero attached hydrogens (tertiary/aromatic N) is 2. The quantitative estimate of drug-likeness (QED) is 0.0284. The van der Waals surface area contributed by atoms with E-state index in [9.17, 15) is 84.0 Å². The first kappa shape index (κ1) is 66.6. The molecule has 3 heterocycles. The van der Waals surface area contributed by atoms with E-state index in [1.54, 1.807) is 0 Å². The molecule has 450 valence electrons. The third-order valence-electron chi connectivity index (χ3n) is 14.9. The third kappa shape index (κ3) is 19.4. The van der Waals surface area contributed by atoms with E-state index in [1.807, 2.05) is 0 Å². The molecule has 3 saturated heterocycles. The van der Waals surface area contributed by atoms with Crippen LogP contribution in [-0.2, 0) is 43.2 Å². The number of primary amides is 1. The van der Waals surface area contributed by atoms with Crippen LogP contribution in [0.25, 0.3) is 0 Å². The molecule has 0 aromatic heterocycles. The molecule has 0 saturated carbocycles. The maximum Gasteiger partial charge on any atom is 0.312 e. The smallest absolute Gasteiger partial charge is 0.312 e. The zero-order valence-corrected chi connectivity index (χ0v) is 46.0. The summed E-state index contributed by atoms with van der Waals surface area (Å²) in [7, 11) is 0. The van der Waals surface area contributed by atoms with Gasteiger partial charge in [0.1, 0.15) is 60.3 Å². The van der Waals surface area contributed by atoms with Crippen molar-refractivity contribution in [3.8, 4) is 5.75 Å². The number of amides is 8. The standard InChI is InChI=1S/C53H85N9O18/c1-5-27(2)22-28(3)12-10-8-6-7-9-11-13-39(69)56-33-24-37(67)49(75)60-51(77)44-35(65)19-21-61(44)53(79)42(36(66)25-38(55)68)58-50(76)43(46(72)45(71)30-14-16-32(17-15-30)80-40(70)18-20-54)59-48(74)34-23-31(64)26-62(34)52(78)41(29(4)63)57-47(33)73/h14-17,27-29,31,33-37,41-46,49,63-67,71-72,75H,5-13,18-26,54H2,1-4H3,(H2,55,68)(H,56,69)(H,57,73)(H,58,76)(H,59,74)(H,60,77)/t27?,28?,29-,31+,33-,34-,35-,36+,37-,41-,42-,43-,44-,45-,46-,49-/m0/s1. The molecule has 0 bridgehead atoms. The molecule has 17 N–H and O–H groups in total. The first-order chi connectivity index (χ1) is 37.8. The highest BCUT2D eigenvalue weighted by molar-refractivity contribution is 5.98. The van der Waals surface area contributed by atoms with Gasteiger partial charge in [-0.3, -0.25) is 43.2 Å². The van der Waals surface area contributed by atoms with Gasteiger partial charge < -0.3 is 93.4 Å². The molecule has 3 fully saturated rings. The van der Waals surface area contributed by atoms with Crippen molar-refractivity contribution in [1.29, 1.82) is 0 Å². The van der Waals surface area contributed by atoms with Gasteiger partial charge in [-0.25, -0.2) is 0 Å². The molecule has 0 aliphatic carbocycles. The molecular weight excluding hydrogens is 1050 g/mol. The highest BCUT2D eigenvalue weighted by Gasteiger charge is 2.49. The topological polar surface area (TPSA) is 443 Å². The van der Waals surface area contributed by atoms with Gasteiger partial charge in [-0.1, -0.05) is 77.8 Å². The van der Waals surface area contributed by atoms with Gasteiger partial charge in [0.05, 0.1) is 37.3 Å². The van der Waals surface area contributed by atoms with E-state index in [2.05, 4.69) is 47.4 Å². The number of carbonyl (C=O) groups excluding carboxylic acids is 9. The molecule has 8 amide bonds. The Morgan fingerprint density at radius 1 is 0.725 bits per heavy atom. The SMILES string of the molecule is CCC(C)CC(C)CCCCCCCCC(=O)N[C@H]1C[C@H](O)[C@H](O)NC(=O)[C@@H]2[C@@H](O)CCN2C(=O)[C@H]([C@H](O)CC(N)=O)NC(=O)[C@H]([C@H](O)[C@@H](O)c2ccc(OC(=O)CCN)cc2)NC(=O)[C@@H]2C[C@@H](O)CN2C(=O)[C@H]([C@H](C)O)NC1=O. The van der Waals surface area contributed by atoms with Crippen LogP contribution in [0.15, 0.2) is 24.3 Å². The summed E-state index contributed by atoms with van der Waals surface area (Å²) in [6.45, 7) is 6.69. The Bertz CT molecular complexity index is 2260. The maximum atomic E-state index is 14.5. The van der Waals surface area contributed by atoms with Gasteiger partial charge in [-0.05, 0) is 55.7 Å². The zero-order valence-electron chi connectivity index (χ0n) is 46.0. The predicted molar refractivity (Wildman–Crippen MR) is 283 cm³/mol. The van der Waals surface area contributed by atoms with Crippen molar-refractivity contribution in [3.05, 3.63) is 29.8 Å². The summed E-state index contributed by atoms with van der Waals surface area (Å²) < 4.78 is 5.17. The Morgan fingerprint density at radius 2 is 1.34 bits per heavy atom. The minimum absolute atomic E-state index is 0.0106. The van der Waals surface area contributed by atoms with Crippen LogP contribution in [0.3, 0.4) is 0 Å². The predicted octanol–water partition coefficient (Wildman–Crippen LogP) is -3.79. The lowest BCUT2D eigenvalue weighted by Gasteiger charge is -2.34. The molecular formula is C53H85N9O18. The first-order valence-electron chi connectivity index (χ1n) is 27.6. The van der Waals surface area contributed by atoms with Gasteiger partial charge >= 0.3 is 5.97 Å². The van der Waals surface area contributed by atoms with Crippen molar-refractivity contribution in [2.75, 3.05) is 19.6 Å². The lowest BCUT2D eigenvalue weighted by molar-refractivity contribution is -0.149. The molecule has 27 heteroatoms. The lowest BCUT2D eigenvalue weighted by Crippen LogP contribution is -2.64. The summed E-state index contributed by atoms with van der Waals surface area (Å²) in [5, 5.41) is 101. The Balaban J connectivity index is 1.71. The van der Waals surface area contributed by atoms with Crippen LogP contribution in [0, 0.1) is 11.8 Å². The van der Waals surface area contributed by atoms with Gasteiger partial charge in [-0.15, -0.1) is 0 Å². The Kier molecular flexibility index (Phi) is 26.6. The number of nitrogens with one attached hydrogen (secondary N) is 5. The van der Waals surface area contributed by atoms with E-state index in [1.165, 1.54) is 30.7 Å². The molecule has 3 aliphatic rings. The number of carbonyl (C=O) groups is 9. The molecule has 0 spiro atoms. The molecule has 2 unspecified atom stereocenters. The van der Waals surface area contributed by atoms with E-state index in [4.69, 9.17) is 16.2 Å². The number of ether oxygens (including phenoxy) is 1. The number of hydrogen-bond donors (Lipinski definition) is 15. The van der Waals surface area contributed by atoms with E-state index in [-0.39, 0.29) is 37.1 Å². The second-order valence-electron chi connectivity index (χ2n) is 21.6. The highest BCUT2D eigenvalue weighted by Crippen LogP contribution is 2.27. The van der Waals surface area contributed by atoms with Crippen LogP contribution in [0.2, 0.25) is 0 Å². The van der Waals surface area contributed by atoms with E-state index in [0.717, 1.165) is 50.3 Å². The number of benzene rings is 1. The Morgan fingerprint density at radius 3 is 1.96 bits per heavy atom. The normalized spacial score (nSPS) is 27.9. The number of fused-ring (bicyclic) bond motifs is 2. The Hall–Kier alpha value is -5.91. The van der Waals surface area contributed by atoms with Gasteiger partial charge in [0.2, 0.25) is 47.3 Å². The van der Waals surface area contributed by atoms with Crippen LogP contribution in [-0.4, -0.2) is 203 Å². The Labute approximate surface area is 464 Å². The highest BCUT2D eigenvalue weighted by atomic mass is 16.5. The summed E-state index contributed by atoms with van der Waals surface area (Å²) >= 11 is 0. The molecule has 27 nitrogen and oxygen atoms in total. The fourth-order valence-corrected chi connectivity index (χ4v) is 10.2. The van der Waals surface area contributed by atoms with Crippen molar-refractivity contribution in [2.24, 2.45) is 23.3 Å². The third-order valence-corrected chi connectivity index (χ3v) is 14.9. The van der Waals surface area contributed by atoms with Gasteiger partial charge in [-0.2, -0.15) is 0 Å². The number of hydrogen-bond acceptors (Lipinski definition) is 19. The molecule has 4 rings (SSSR count). The van der Waals surface area contributed by atoms with Gasteiger partial charge in [0.15, 0.2) is 6.23 Å². The lowest BCUT2D eigenvalue weighted by atomic mass is 9.91. The maximum absolute atomic E-state index is 14.5. The molecule has 16 atom stereocenters. The number of rotatable bonds is 23. The number of aliphatic hydroxyl groups is 8. The fraction of sp³-hybridized carbons (Fsp3) is 0.717. The van der Waals surface area contributed by atoms with Crippen LogP contribution in [0.4, 0.5) is 0 Å². The van der Waals surface area contributed by atoms with Crippen LogP contribution < -0.4 is 42.8 Å². The number of esters is 1. The monoisotopic (exact) mass is 1140 g/mol. The van der Waals surface area contributed by atoms with Crippen molar-refractivity contribution >= 4 is 53.2 Å². The minimum Gasteiger partial charge on any atom is -0.426 e. The molecule has 0 radical (unpaired) electrons. The van der Waals surface area contributed by atoms with Crippen molar-refractivity contribution in [3.63, 3.8) is 0 Å². The summed E-state index contributed by atoms with van der Waals surface area (Å²) in [6.07, 6.45) is -10.7. The molecule has 1 aromatic carbocycles. The van der Waals surface area contributed by atoms with E-state index >= 15 is 0 Å². The number of aliphatic hydroxyl groups excluding tert-OH is 8. The minimum atomic E-state index is -2.41. The molecule has 80 heavy (non-hydrogen) atoms. The molecule has 1 aromatic rings. The van der Waals surface area contributed by atoms with Crippen molar-refractivity contribution in [2.45, 2.75) is 209 Å². The second kappa shape index (κ2) is 31.9.